The number of hydrogen-bond acceptors (Lipinski definition) is 7. The number of nitrogens with one attached hydrogen (secondary N) is 2. The molecule has 0 aliphatic heterocycles. The predicted molar refractivity (Wildman–Crippen MR) is 59.2 cm³/mol. The number of hydrogen-bond donors (Lipinski definition) is 2. The molecule has 0 saturated heterocycles. The molecular weight excluding hydrogens is 264 g/mol. The van der Waals surface area contributed by atoms with Crippen molar-refractivity contribution in [1.82, 2.24) is 29.7 Å². The van der Waals surface area contributed by atoms with Crippen LogP contribution in [0.15, 0.2) is 0 Å². The van der Waals surface area contributed by atoms with E-state index < -0.39 is 16.2 Å². The van der Waals surface area contributed by atoms with Gasteiger partial charge in [0.1, 0.15) is 0 Å². The molecule has 102 valence electrons. The molecule has 0 radical (unpaired) electrons. The first-order valence-electron chi connectivity index (χ1n) is 4.96. The highest BCUT2D eigenvalue weighted by Crippen LogP contribution is 1.98. The van der Waals surface area contributed by atoms with Crippen LogP contribution >= 0.6 is 0 Å². The van der Waals surface area contributed by atoms with Crippen LogP contribution in [-0.4, -0.2) is 60.0 Å². The van der Waals surface area contributed by atoms with Gasteiger partial charge in [-0.15, -0.1) is 10.2 Å². The van der Waals surface area contributed by atoms with E-state index in [1.54, 1.807) is 0 Å². The zero-order valence-corrected chi connectivity index (χ0v) is 10.8. The quantitative estimate of drug-likeness (QED) is 0.553. The second-order valence-electron chi connectivity index (χ2n) is 3.30. The van der Waals surface area contributed by atoms with Crippen LogP contribution in [0, 0.1) is 0 Å². The minimum atomic E-state index is -3.69. The Balaban J connectivity index is 2.44. The van der Waals surface area contributed by atoms with Crippen molar-refractivity contribution in [2.45, 2.75) is 13.0 Å². The number of aromatic nitrogens is 4. The van der Waals surface area contributed by atoms with Gasteiger partial charge in [-0.3, -0.25) is 4.79 Å². The first-order chi connectivity index (χ1) is 8.45. The first-order valence-corrected chi connectivity index (χ1v) is 6.40. The fourth-order valence-corrected chi connectivity index (χ4v) is 1.86. The van der Waals surface area contributed by atoms with Crippen LogP contribution in [0.4, 0.5) is 0 Å². The lowest BCUT2D eigenvalue weighted by atomic mass is 10.4. The molecule has 1 rings (SSSR count). The molecule has 11 heteroatoms. The van der Waals surface area contributed by atoms with E-state index in [9.17, 15) is 13.2 Å². The molecule has 0 fully saturated rings. The number of carbonyl (C=O) groups excluding carboxylic acids is 1. The molecule has 0 atom stereocenters. The van der Waals surface area contributed by atoms with E-state index in [2.05, 4.69) is 30.1 Å². The number of H-pyrrole nitrogens is 1. The standard InChI is InChI=1S/C7H14N6O4S/c1-13(4-3-7(14)17-2)18(15,16)8-5-6-9-11-12-10-6/h8H,3-5H2,1-2H3,(H,9,10,11,12). The largest absolute Gasteiger partial charge is 0.469 e. The fraction of sp³-hybridized carbons (Fsp3) is 0.714. The normalized spacial score (nSPS) is 11.7. The number of rotatable bonds is 7. The number of nitrogens with zero attached hydrogens (tertiary/aromatic N) is 4. The van der Waals surface area contributed by atoms with E-state index in [-0.39, 0.29) is 25.3 Å². The number of esters is 1. The molecule has 1 aromatic heterocycles. The molecule has 0 spiro atoms. The maximum Gasteiger partial charge on any atom is 0.306 e. The van der Waals surface area contributed by atoms with Crippen LogP contribution in [0.5, 0.6) is 0 Å². The van der Waals surface area contributed by atoms with Crippen LogP contribution in [0.1, 0.15) is 12.2 Å². The van der Waals surface area contributed by atoms with Gasteiger partial charge < -0.3 is 4.74 Å². The molecule has 2 N–H and O–H groups in total. The van der Waals surface area contributed by atoms with Crippen molar-refractivity contribution >= 4 is 16.2 Å². The molecular formula is C7H14N6O4S. The van der Waals surface area contributed by atoms with Crippen LogP contribution < -0.4 is 4.72 Å². The SMILES string of the molecule is COC(=O)CCN(C)S(=O)(=O)NCc1nn[nH]n1. The summed E-state index contributed by atoms with van der Waals surface area (Å²) in [5.74, 6) is -0.254. The smallest absolute Gasteiger partial charge is 0.306 e. The molecule has 0 aromatic carbocycles. The van der Waals surface area contributed by atoms with Gasteiger partial charge in [0.15, 0.2) is 5.82 Å². The van der Waals surface area contributed by atoms with Crippen LogP contribution in [0.3, 0.4) is 0 Å². The van der Waals surface area contributed by atoms with E-state index in [0.717, 1.165) is 4.31 Å². The summed E-state index contributed by atoms with van der Waals surface area (Å²) >= 11 is 0. The van der Waals surface area contributed by atoms with Gasteiger partial charge in [-0.1, -0.05) is 5.21 Å². The van der Waals surface area contributed by atoms with Gasteiger partial charge in [0.25, 0.3) is 10.2 Å². The summed E-state index contributed by atoms with van der Waals surface area (Å²) in [6.07, 6.45) is -0.0177. The average Bonchev–Trinajstić information content (AvgIpc) is 2.86. The summed E-state index contributed by atoms with van der Waals surface area (Å²) in [7, 11) is -1.10. The maximum atomic E-state index is 11.7. The van der Waals surface area contributed by atoms with Crippen molar-refractivity contribution in [3.8, 4) is 0 Å². The van der Waals surface area contributed by atoms with Gasteiger partial charge in [-0.25, -0.2) is 0 Å². The molecule has 0 aliphatic carbocycles. The first kappa shape index (κ1) is 14.5. The summed E-state index contributed by atoms with van der Waals surface area (Å²) in [4.78, 5) is 10.9. The van der Waals surface area contributed by atoms with Gasteiger partial charge in [-0.05, 0) is 0 Å². The predicted octanol–water partition coefficient (Wildman–Crippen LogP) is -1.97. The second kappa shape index (κ2) is 6.37. The van der Waals surface area contributed by atoms with Gasteiger partial charge in [0.2, 0.25) is 0 Å². The van der Waals surface area contributed by atoms with Crippen LogP contribution in [0.25, 0.3) is 0 Å². The third-order valence-corrected chi connectivity index (χ3v) is 3.58. The Morgan fingerprint density at radius 2 is 2.28 bits per heavy atom. The van der Waals surface area contributed by atoms with Crippen LogP contribution in [0.2, 0.25) is 0 Å². The van der Waals surface area contributed by atoms with Crippen molar-refractivity contribution in [3.05, 3.63) is 5.82 Å². The molecule has 0 aliphatic rings. The zero-order valence-electron chi connectivity index (χ0n) is 9.95. The van der Waals surface area contributed by atoms with E-state index in [1.807, 2.05) is 0 Å². The summed E-state index contributed by atoms with van der Waals surface area (Å²) < 4.78 is 31.1. The Labute approximate surface area is 104 Å². The number of ether oxygens (including phenoxy) is 1. The van der Waals surface area contributed by atoms with Gasteiger partial charge in [-0.2, -0.15) is 22.7 Å². The highest BCUT2D eigenvalue weighted by atomic mass is 32.2. The number of methoxy groups -OCH3 is 1. The van der Waals surface area contributed by atoms with Gasteiger partial charge >= 0.3 is 5.97 Å². The highest BCUT2D eigenvalue weighted by molar-refractivity contribution is 7.87. The van der Waals surface area contributed by atoms with Crippen molar-refractivity contribution < 1.29 is 17.9 Å². The van der Waals surface area contributed by atoms with Crippen LogP contribution in [-0.2, 0) is 26.3 Å². The van der Waals surface area contributed by atoms with E-state index in [4.69, 9.17) is 0 Å². The second-order valence-corrected chi connectivity index (χ2v) is 5.16. The molecule has 0 unspecified atom stereocenters. The monoisotopic (exact) mass is 278 g/mol. The topological polar surface area (TPSA) is 130 Å². The van der Waals surface area contributed by atoms with E-state index in [1.165, 1.54) is 14.2 Å². The molecule has 1 heterocycles. The Kier molecular flexibility index (Phi) is 5.12. The molecule has 10 nitrogen and oxygen atoms in total. The van der Waals surface area contributed by atoms with Gasteiger partial charge in [0, 0.05) is 13.6 Å². The zero-order chi connectivity index (χ0) is 13.6. The minimum absolute atomic E-state index is 0.0177. The summed E-state index contributed by atoms with van der Waals surface area (Å²) in [5, 5.41) is 12.7. The number of tetrazole rings is 1. The van der Waals surface area contributed by atoms with Crippen molar-refractivity contribution in [2.75, 3.05) is 20.7 Å². The van der Waals surface area contributed by atoms with E-state index >= 15 is 0 Å². The van der Waals surface area contributed by atoms with Crippen molar-refractivity contribution in [1.29, 1.82) is 0 Å². The lowest BCUT2D eigenvalue weighted by Crippen LogP contribution is -2.39. The number of aromatic amines is 1. The summed E-state index contributed by atoms with van der Waals surface area (Å²) in [6, 6.07) is 0. The third-order valence-electron chi connectivity index (χ3n) is 2.07. The molecule has 0 saturated carbocycles. The Morgan fingerprint density at radius 1 is 1.56 bits per heavy atom. The summed E-state index contributed by atoms with van der Waals surface area (Å²) in [5.41, 5.74) is 0. The lowest BCUT2D eigenvalue weighted by molar-refractivity contribution is -0.140. The number of carbonyl (C=O) groups is 1. The highest BCUT2D eigenvalue weighted by Gasteiger charge is 2.18. The third kappa shape index (κ3) is 4.35. The lowest BCUT2D eigenvalue weighted by Gasteiger charge is -2.16. The maximum absolute atomic E-state index is 11.7. The van der Waals surface area contributed by atoms with E-state index in [0.29, 0.717) is 0 Å². The summed E-state index contributed by atoms with van der Waals surface area (Å²) in [6.45, 7) is -0.0599. The molecule has 1 aromatic rings. The van der Waals surface area contributed by atoms with Gasteiger partial charge in [0.05, 0.1) is 20.1 Å². The molecule has 0 amide bonds. The van der Waals surface area contributed by atoms with Crippen molar-refractivity contribution in [2.24, 2.45) is 0 Å². The average molecular weight is 278 g/mol. The fourth-order valence-electron chi connectivity index (χ4n) is 0.994. The minimum Gasteiger partial charge on any atom is -0.469 e. The Morgan fingerprint density at radius 3 is 2.83 bits per heavy atom. The Hall–Kier alpha value is -1.59. The van der Waals surface area contributed by atoms with Crippen molar-refractivity contribution in [3.63, 3.8) is 0 Å². The molecule has 18 heavy (non-hydrogen) atoms. The molecule has 0 bridgehead atoms. The Bertz CT molecular complexity index is 472.